The Morgan fingerprint density at radius 2 is 1.93 bits per heavy atom. The second kappa shape index (κ2) is 7.51. The van der Waals surface area contributed by atoms with E-state index in [0.717, 1.165) is 18.4 Å². The number of methoxy groups -OCH3 is 2. The number of furan rings is 1. The van der Waals surface area contributed by atoms with E-state index in [1.165, 1.54) is 0 Å². The van der Waals surface area contributed by atoms with Crippen molar-refractivity contribution in [2.75, 3.05) is 19.5 Å². The summed E-state index contributed by atoms with van der Waals surface area (Å²) in [4.78, 5) is 21.3. The summed E-state index contributed by atoms with van der Waals surface area (Å²) in [5.74, 6) is 2.52. The van der Waals surface area contributed by atoms with Crippen molar-refractivity contribution in [2.45, 2.75) is 45.1 Å². The van der Waals surface area contributed by atoms with Crippen LogP contribution in [0.2, 0.25) is 0 Å². The summed E-state index contributed by atoms with van der Waals surface area (Å²) in [7, 11) is 3.23. The summed E-state index contributed by atoms with van der Waals surface area (Å²) < 4.78 is 16.4. The second-order valence-corrected chi connectivity index (χ2v) is 7.94. The van der Waals surface area contributed by atoms with Gasteiger partial charge in [-0.3, -0.25) is 4.79 Å². The number of hydrogen-bond acceptors (Lipinski definition) is 7. The maximum Gasteiger partial charge on any atom is 0.253 e. The quantitative estimate of drug-likeness (QED) is 0.585. The van der Waals surface area contributed by atoms with Crippen molar-refractivity contribution in [1.29, 1.82) is 0 Å². The Bertz CT molecular complexity index is 1120. The van der Waals surface area contributed by atoms with Crippen molar-refractivity contribution in [3.8, 4) is 11.5 Å². The van der Waals surface area contributed by atoms with Gasteiger partial charge in [-0.15, -0.1) is 0 Å². The van der Waals surface area contributed by atoms with Gasteiger partial charge < -0.3 is 24.9 Å². The molecule has 3 aromatic rings. The van der Waals surface area contributed by atoms with E-state index in [-0.39, 0.29) is 5.54 Å². The summed E-state index contributed by atoms with van der Waals surface area (Å²) >= 11 is 0. The zero-order chi connectivity index (χ0) is 21.5. The first-order valence-electron chi connectivity index (χ1n) is 9.92. The molecule has 0 radical (unpaired) electrons. The van der Waals surface area contributed by atoms with E-state index in [4.69, 9.17) is 24.6 Å². The third-order valence-electron chi connectivity index (χ3n) is 5.53. The average molecular weight is 410 g/mol. The van der Waals surface area contributed by atoms with Gasteiger partial charge in [0.2, 0.25) is 5.71 Å². The van der Waals surface area contributed by atoms with E-state index in [2.05, 4.69) is 17.2 Å². The predicted molar refractivity (Wildman–Crippen MR) is 113 cm³/mol. The van der Waals surface area contributed by atoms with E-state index in [1.54, 1.807) is 21.1 Å². The number of ether oxygens (including phenoxy) is 2. The number of benzene rings is 1. The number of anilines is 1. The van der Waals surface area contributed by atoms with Gasteiger partial charge in [0.1, 0.15) is 17.4 Å². The Hall–Kier alpha value is -3.29. The Labute approximate surface area is 174 Å². The fraction of sp³-hybridized carbons (Fsp3) is 0.409. The molecular formula is C22H26N4O4. The molecule has 1 aromatic carbocycles. The average Bonchev–Trinajstić information content (AvgIpc) is 3.33. The summed E-state index contributed by atoms with van der Waals surface area (Å²) in [6, 6.07) is 5.82. The van der Waals surface area contributed by atoms with Crippen LogP contribution in [0.15, 0.2) is 22.6 Å². The highest BCUT2D eigenvalue weighted by Crippen LogP contribution is 2.40. The van der Waals surface area contributed by atoms with Gasteiger partial charge in [0, 0.05) is 12.0 Å². The van der Waals surface area contributed by atoms with E-state index in [1.807, 2.05) is 18.2 Å². The minimum absolute atomic E-state index is 0.0258. The van der Waals surface area contributed by atoms with Gasteiger partial charge in [0.15, 0.2) is 11.5 Å². The van der Waals surface area contributed by atoms with Crippen LogP contribution in [0.4, 0.5) is 5.82 Å². The molecule has 4 rings (SSSR count). The van der Waals surface area contributed by atoms with Gasteiger partial charge in [-0.2, -0.15) is 4.98 Å². The Morgan fingerprint density at radius 3 is 2.57 bits per heavy atom. The third-order valence-corrected chi connectivity index (χ3v) is 5.53. The van der Waals surface area contributed by atoms with Crippen molar-refractivity contribution in [1.82, 2.24) is 9.97 Å². The number of nitrogens with zero attached hydrogens (tertiary/aromatic N) is 2. The first-order valence-corrected chi connectivity index (χ1v) is 9.92. The lowest BCUT2D eigenvalue weighted by Crippen LogP contribution is -2.19. The van der Waals surface area contributed by atoms with Crippen LogP contribution >= 0.6 is 0 Å². The first kappa shape index (κ1) is 20.0. The zero-order valence-corrected chi connectivity index (χ0v) is 17.7. The second-order valence-electron chi connectivity index (χ2n) is 7.94. The predicted octanol–water partition coefficient (Wildman–Crippen LogP) is 3.40. The van der Waals surface area contributed by atoms with E-state index in [0.29, 0.717) is 58.4 Å². The molecule has 1 aliphatic carbocycles. The summed E-state index contributed by atoms with van der Waals surface area (Å²) in [5, 5.41) is 4.02. The molecule has 0 unspecified atom stereocenters. The summed E-state index contributed by atoms with van der Waals surface area (Å²) in [6.07, 6.45) is 3.40. The van der Waals surface area contributed by atoms with Gasteiger partial charge in [0.05, 0.1) is 25.2 Å². The molecule has 8 nitrogen and oxygen atoms in total. The highest BCUT2D eigenvalue weighted by Gasteiger charge is 2.38. The maximum atomic E-state index is 12.0. The van der Waals surface area contributed by atoms with Crippen LogP contribution in [0.25, 0.3) is 11.1 Å². The Morgan fingerprint density at radius 1 is 1.20 bits per heavy atom. The molecular weight excluding hydrogens is 384 g/mol. The molecule has 1 saturated carbocycles. The smallest absolute Gasteiger partial charge is 0.253 e. The fourth-order valence-electron chi connectivity index (χ4n) is 3.55. The van der Waals surface area contributed by atoms with Crippen LogP contribution in [0, 0.1) is 6.92 Å². The van der Waals surface area contributed by atoms with E-state index >= 15 is 0 Å². The Balaban J connectivity index is 1.67. The summed E-state index contributed by atoms with van der Waals surface area (Å²) in [5.41, 5.74) is 7.36. The van der Waals surface area contributed by atoms with Crippen molar-refractivity contribution >= 4 is 22.8 Å². The maximum absolute atomic E-state index is 12.0. The highest BCUT2D eigenvalue weighted by atomic mass is 16.5. The van der Waals surface area contributed by atoms with Gasteiger partial charge in [-0.05, 0) is 50.8 Å². The molecule has 2 heterocycles. The molecule has 0 aliphatic heterocycles. The largest absolute Gasteiger partial charge is 0.493 e. The number of nitrogens with one attached hydrogen (secondary N) is 1. The zero-order valence-electron chi connectivity index (χ0n) is 17.7. The van der Waals surface area contributed by atoms with Crippen LogP contribution in [-0.4, -0.2) is 35.6 Å². The number of fused-ring (bicyclic) bond motifs is 1. The monoisotopic (exact) mass is 410 g/mol. The molecule has 1 amide bonds. The van der Waals surface area contributed by atoms with Crippen LogP contribution in [-0.2, 0) is 12.8 Å². The number of carbonyl (C=O) groups excluding carboxylic acids is 1. The van der Waals surface area contributed by atoms with E-state index in [9.17, 15) is 4.79 Å². The SMILES string of the molecule is COc1ccc(CCc2nc(NC3(C)CC3)c3c(C(N)=O)c(C)oc3n2)cc1OC. The van der Waals surface area contributed by atoms with Crippen molar-refractivity contribution in [2.24, 2.45) is 5.73 Å². The lowest BCUT2D eigenvalue weighted by Gasteiger charge is -2.14. The topological polar surface area (TPSA) is 113 Å². The number of aromatic nitrogens is 2. The minimum Gasteiger partial charge on any atom is -0.493 e. The molecule has 0 spiro atoms. The molecule has 30 heavy (non-hydrogen) atoms. The van der Waals surface area contributed by atoms with Crippen LogP contribution < -0.4 is 20.5 Å². The molecule has 0 atom stereocenters. The van der Waals surface area contributed by atoms with Crippen LogP contribution in [0.1, 0.15) is 47.3 Å². The van der Waals surface area contributed by atoms with Gasteiger partial charge in [-0.1, -0.05) is 6.07 Å². The molecule has 2 aromatic heterocycles. The molecule has 0 saturated heterocycles. The number of aryl methyl sites for hydroxylation is 3. The molecule has 3 N–H and O–H groups in total. The molecule has 158 valence electrons. The van der Waals surface area contributed by atoms with Crippen LogP contribution in [0.5, 0.6) is 11.5 Å². The number of hydrogen-bond donors (Lipinski definition) is 2. The van der Waals surface area contributed by atoms with Gasteiger partial charge in [-0.25, -0.2) is 4.98 Å². The first-order chi connectivity index (χ1) is 14.3. The van der Waals surface area contributed by atoms with Crippen molar-refractivity contribution in [3.63, 3.8) is 0 Å². The molecule has 8 heteroatoms. The van der Waals surface area contributed by atoms with Gasteiger partial charge >= 0.3 is 0 Å². The highest BCUT2D eigenvalue weighted by molar-refractivity contribution is 6.09. The summed E-state index contributed by atoms with van der Waals surface area (Å²) in [6.45, 7) is 3.84. The molecule has 1 aliphatic rings. The molecule has 0 bridgehead atoms. The number of carbonyl (C=O) groups is 1. The third kappa shape index (κ3) is 3.77. The lowest BCUT2D eigenvalue weighted by atomic mass is 10.1. The van der Waals surface area contributed by atoms with Crippen molar-refractivity contribution in [3.05, 3.63) is 40.9 Å². The number of primary amides is 1. The minimum atomic E-state index is -0.545. The van der Waals surface area contributed by atoms with Crippen LogP contribution in [0.3, 0.4) is 0 Å². The number of nitrogens with two attached hydrogens (primary N) is 1. The van der Waals surface area contributed by atoms with E-state index < -0.39 is 5.91 Å². The number of rotatable bonds is 8. The van der Waals surface area contributed by atoms with Gasteiger partial charge in [0.25, 0.3) is 5.91 Å². The standard InChI is InChI=1S/C22H26N4O4/c1-12-17(19(23)27)18-20(26-22(2)9-10-22)24-16(25-21(18)30-12)8-6-13-5-7-14(28-3)15(11-13)29-4/h5,7,11H,6,8-10H2,1-4H3,(H2,23,27)(H,24,25,26). The molecule has 1 fully saturated rings. The lowest BCUT2D eigenvalue weighted by molar-refractivity contribution is 0.1000. The van der Waals surface area contributed by atoms with Crippen molar-refractivity contribution < 1.29 is 18.7 Å². The fourth-order valence-corrected chi connectivity index (χ4v) is 3.55. The normalized spacial score (nSPS) is 14.5. The Kier molecular flexibility index (Phi) is 5.01. The number of amides is 1.